The highest BCUT2D eigenvalue weighted by molar-refractivity contribution is 7.99. The Kier molecular flexibility index (Phi) is 5.00. The smallest absolute Gasteiger partial charge is 0.318 e. The molecule has 1 unspecified atom stereocenters. The lowest BCUT2D eigenvalue weighted by atomic mass is 10.1. The van der Waals surface area contributed by atoms with Crippen LogP contribution in [0.5, 0.6) is 11.5 Å². The van der Waals surface area contributed by atoms with Gasteiger partial charge < -0.3 is 19.7 Å². The number of nitrogens with zero attached hydrogens (tertiary/aromatic N) is 1. The molecule has 6 heteroatoms. The summed E-state index contributed by atoms with van der Waals surface area (Å²) < 4.78 is 10.8. The van der Waals surface area contributed by atoms with Crippen LogP contribution in [0.4, 0.5) is 4.79 Å². The van der Waals surface area contributed by atoms with Crippen molar-refractivity contribution in [3.8, 4) is 11.5 Å². The van der Waals surface area contributed by atoms with Crippen LogP contribution in [0.1, 0.15) is 17.9 Å². The van der Waals surface area contributed by atoms with Crippen LogP contribution in [-0.2, 0) is 0 Å². The summed E-state index contributed by atoms with van der Waals surface area (Å²) in [5, 5.41) is 2.82. The number of carbonyl (C=O) groups excluding carboxylic acids is 1. The van der Waals surface area contributed by atoms with Crippen molar-refractivity contribution >= 4 is 17.8 Å². The monoisotopic (exact) mass is 296 g/mol. The van der Waals surface area contributed by atoms with Crippen molar-refractivity contribution in [3.05, 3.63) is 23.8 Å². The Morgan fingerprint density at radius 3 is 2.90 bits per heavy atom. The molecule has 0 radical (unpaired) electrons. The predicted octanol–water partition coefficient (Wildman–Crippen LogP) is 2.48. The largest absolute Gasteiger partial charge is 0.493 e. The van der Waals surface area contributed by atoms with E-state index in [1.165, 1.54) is 0 Å². The van der Waals surface area contributed by atoms with Crippen LogP contribution in [0.15, 0.2) is 18.2 Å². The van der Waals surface area contributed by atoms with E-state index in [4.69, 9.17) is 9.47 Å². The average molecular weight is 296 g/mol. The molecule has 1 heterocycles. The van der Waals surface area contributed by atoms with Gasteiger partial charge >= 0.3 is 6.03 Å². The molecule has 0 saturated carbocycles. The highest BCUT2D eigenvalue weighted by Gasteiger charge is 2.33. The van der Waals surface area contributed by atoms with Gasteiger partial charge in [0.1, 0.15) is 5.37 Å². The first-order valence-corrected chi connectivity index (χ1v) is 7.64. The zero-order valence-corrected chi connectivity index (χ0v) is 12.8. The van der Waals surface area contributed by atoms with Crippen LogP contribution >= 0.6 is 11.8 Å². The second kappa shape index (κ2) is 6.74. The summed E-state index contributed by atoms with van der Waals surface area (Å²) in [6.07, 6.45) is 0. The SMILES string of the molecule is CCNC(=O)N1CCSC1c1cccc(OC)c1OC. The maximum atomic E-state index is 12.1. The summed E-state index contributed by atoms with van der Waals surface area (Å²) in [7, 11) is 3.24. The fraction of sp³-hybridized carbons (Fsp3) is 0.500. The quantitative estimate of drug-likeness (QED) is 0.927. The Hall–Kier alpha value is -1.56. The van der Waals surface area contributed by atoms with Gasteiger partial charge in [-0.25, -0.2) is 4.79 Å². The third kappa shape index (κ3) is 2.80. The van der Waals surface area contributed by atoms with Crippen LogP contribution in [0.3, 0.4) is 0 Å². The zero-order chi connectivity index (χ0) is 14.5. The summed E-state index contributed by atoms with van der Waals surface area (Å²) in [4.78, 5) is 14.0. The standard InChI is InChI=1S/C14H20N2O3S/c1-4-15-14(17)16-8-9-20-13(16)10-6-5-7-11(18-2)12(10)19-3/h5-7,13H,4,8-9H2,1-3H3,(H,15,17). The molecule has 0 bridgehead atoms. The number of para-hydroxylation sites is 1. The van der Waals surface area contributed by atoms with E-state index in [1.807, 2.05) is 30.0 Å². The van der Waals surface area contributed by atoms with E-state index < -0.39 is 0 Å². The molecular formula is C14H20N2O3S. The molecule has 1 saturated heterocycles. The Morgan fingerprint density at radius 1 is 1.45 bits per heavy atom. The molecule has 5 nitrogen and oxygen atoms in total. The molecule has 0 aliphatic carbocycles. The van der Waals surface area contributed by atoms with E-state index in [0.717, 1.165) is 17.9 Å². The van der Waals surface area contributed by atoms with Crippen molar-refractivity contribution in [2.45, 2.75) is 12.3 Å². The molecule has 1 aromatic rings. The molecule has 20 heavy (non-hydrogen) atoms. The lowest BCUT2D eigenvalue weighted by molar-refractivity contribution is 0.200. The van der Waals surface area contributed by atoms with Crippen molar-refractivity contribution in [1.82, 2.24) is 10.2 Å². The van der Waals surface area contributed by atoms with Crippen LogP contribution in [0, 0.1) is 0 Å². The molecule has 0 spiro atoms. The van der Waals surface area contributed by atoms with Crippen molar-refractivity contribution in [2.75, 3.05) is 33.1 Å². The number of methoxy groups -OCH3 is 2. The van der Waals surface area contributed by atoms with Gasteiger partial charge in [0, 0.05) is 24.4 Å². The van der Waals surface area contributed by atoms with Gasteiger partial charge in [0.25, 0.3) is 0 Å². The zero-order valence-electron chi connectivity index (χ0n) is 12.0. The van der Waals surface area contributed by atoms with E-state index >= 15 is 0 Å². The first-order chi connectivity index (χ1) is 9.72. The fourth-order valence-electron chi connectivity index (χ4n) is 2.29. The number of amides is 2. The molecule has 2 rings (SSSR count). The Balaban J connectivity index is 2.32. The third-order valence-corrected chi connectivity index (χ3v) is 4.42. The number of ether oxygens (including phenoxy) is 2. The molecule has 0 aromatic heterocycles. The fourth-order valence-corrected chi connectivity index (χ4v) is 3.57. The van der Waals surface area contributed by atoms with Crippen LogP contribution in [-0.4, -0.2) is 44.0 Å². The minimum absolute atomic E-state index is 0.0348. The number of rotatable bonds is 4. The second-order valence-corrected chi connectivity index (χ2v) is 5.52. The highest BCUT2D eigenvalue weighted by atomic mass is 32.2. The van der Waals surface area contributed by atoms with Gasteiger partial charge in [-0.2, -0.15) is 0 Å². The summed E-state index contributed by atoms with van der Waals surface area (Å²) in [5.74, 6) is 2.30. The summed E-state index contributed by atoms with van der Waals surface area (Å²) in [5.41, 5.74) is 0.973. The molecule has 2 amide bonds. The molecule has 1 aliphatic rings. The maximum absolute atomic E-state index is 12.1. The number of nitrogens with one attached hydrogen (secondary N) is 1. The van der Waals surface area contributed by atoms with Crippen LogP contribution in [0.25, 0.3) is 0 Å². The highest BCUT2D eigenvalue weighted by Crippen LogP contribution is 2.44. The molecular weight excluding hydrogens is 276 g/mol. The summed E-state index contributed by atoms with van der Waals surface area (Å²) in [6.45, 7) is 3.28. The molecule has 1 atom stereocenters. The maximum Gasteiger partial charge on any atom is 0.318 e. The van der Waals surface area contributed by atoms with Crippen molar-refractivity contribution in [3.63, 3.8) is 0 Å². The summed E-state index contributed by atoms with van der Waals surface area (Å²) >= 11 is 1.74. The van der Waals surface area contributed by atoms with Crippen molar-refractivity contribution in [1.29, 1.82) is 0 Å². The Labute approximate surface area is 123 Å². The van der Waals surface area contributed by atoms with Gasteiger partial charge in [0.2, 0.25) is 0 Å². The van der Waals surface area contributed by atoms with Gasteiger partial charge in [0.15, 0.2) is 11.5 Å². The number of thioether (sulfide) groups is 1. The van der Waals surface area contributed by atoms with E-state index in [-0.39, 0.29) is 11.4 Å². The molecule has 1 fully saturated rings. The van der Waals surface area contributed by atoms with E-state index in [0.29, 0.717) is 18.0 Å². The molecule has 110 valence electrons. The summed E-state index contributed by atoms with van der Waals surface area (Å²) in [6, 6.07) is 5.73. The Morgan fingerprint density at radius 2 is 2.25 bits per heavy atom. The minimum atomic E-state index is -0.0356. The van der Waals surface area contributed by atoms with Gasteiger partial charge in [-0.1, -0.05) is 12.1 Å². The van der Waals surface area contributed by atoms with Gasteiger partial charge in [-0.15, -0.1) is 11.8 Å². The van der Waals surface area contributed by atoms with Gasteiger partial charge in [-0.05, 0) is 13.0 Å². The third-order valence-electron chi connectivity index (χ3n) is 3.18. The normalized spacial score (nSPS) is 17.9. The second-order valence-electron chi connectivity index (χ2n) is 4.33. The van der Waals surface area contributed by atoms with Crippen LogP contribution in [0.2, 0.25) is 0 Å². The predicted molar refractivity (Wildman–Crippen MR) is 80.5 cm³/mol. The first kappa shape index (κ1) is 14.8. The van der Waals surface area contributed by atoms with E-state index in [1.54, 1.807) is 26.0 Å². The lowest BCUT2D eigenvalue weighted by Crippen LogP contribution is -2.39. The number of carbonyl (C=O) groups is 1. The van der Waals surface area contributed by atoms with Gasteiger partial charge in [-0.3, -0.25) is 0 Å². The van der Waals surface area contributed by atoms with Crippen LogP contribution < -0.4 is 14.8 Å². The lowest BCUT2D eigenvalue weighted by Gasteiger charge is -2.26. The van der Waals surface area contributed by atoms with E-state index in [2.05, 4.69) is 5.32 Å². The molecule has 1 aliphatic heterocycles. The average Bonchev–Trinajstić information content (AvgIpc) is 2.95. The minimum Gasteiger partial charge on any atom is -0.493 e. The number of benzene rings is 1. The molecule has 1 N–H and O–H groups in total. The number of hydrogen-bond donors (Lipinski definition) is 1. The van der Waals surface area contributed by atoms with Crippen molar-refractivity contribution in [2.24, 2.45) is 0 Å². The first-order valence-electron chi connectivity index (χ1n) is 6.59. The van der Waals surface area contributed by atoms with Crippen molar-refractivity contribution < 1.29 is 14.3 Å². The molecule has 1 aromatic carbocycles. The number of hydrogen-bond acceptors (Lipinski definition) is 4. The topological polar surface area (TPSA) is 50.8 Å². The Bertz CT molecular complexity index is 481. The van der Waals surface area contributed by atoms with Gasteiger partial charge in [0.05, 0.1) is 14.2 Å². The van der Waals surface area contributed by atoms with E-state index in [9.17, 15) is 4.79 Å². The number of urea groups is 1.